The number of ketones is 1. The van der Waals surface area contributed by atoms with Crippen LogP contribution in [0.5, 0.6) is 0 Å². The van der Waals surface area contributed by atoms with E-state index in [0.717, 1.165) is 5.56 Å². The number of carbonyl (C=O) groups is 1. The standard InChI is InChI=1S/C9H8ClN3O/c1-6-2-3-7(10)4-8(6)9(14)5-12-13-11/h2-4H,5H2,1H3. The van der Waals surface area contributed by atoms with Gasteiger partial charge in [-0.05, 0) is 30.2 Å². The molecule has 4 nitrogen and oxygen atoms in total. The van der Waals surface area contributed by atoms with Gasteiger partial charge in [0.25, 0.3) is 0 Å². The number of hydrogen-bond donors (Lipinski definition) is 0. The molecule has 0 amide bonds. The van der Waals surface area contributed by atoms with E-state index in [0.29, 0.717) is 10.6 Å². The number of rotatable bonds is 3. The summed E-state index contributed by atoms with van der Waals surface area (Å²) in [6, 6.07) is 5.04. The first kappa shape index (κ1) is 10.6. The van der Waals surface area contributed by atoms with Crippen LogP contribution >= 0.6 is 11.6 Å². The fourth-order valence-electron chi connectivity index (χ4n) is 1.08. The van der Waals surface area contributed by atoms with Gasteiger partial charge in [-0.15, -0.1) is 0 Å². The lowest BCUT2D eigenvalue weighted by molar-refractivity contribution is 0.100. The van der Waals surface area contributed by atoms with E-state index in [-0.39, 0.29) is 12.3 Å². The highest BCUT2D eigenvalue weighted by Gasteiger charge is 2.07. The lowest BCUT2D eigenvalue weighted by Gasteiger charge is -2.02. The van der Waals surface area contributed by atoms with Crippen molar-refractivity contribution in [3.63, 3.8) is 0 Å². The maximum atomic E-state index is 11.5. The van der Waals surface area contributed by atoms with Gasteiger partial charge in [-0.1, -0.05) is 22.8 Å². The van der Waals surface area contributed by atoms with Gasteiger partial charge in [-0.25, -0.2) is 0 Å². The van der Waals surface area contributed by atoms with Crippen LogP contribution in [0.1, 0.15) is 15.9 Å². The maximum Gasteiger partial charge on any atom is 0.169 e. The van der Waals surface area contributed by atoms with Gasteiger partial charge in [0, 0.05) is 15.5 Å². The highest BCUT2D eigenvalue weighted by Crippen LogP contribution is 2.15. The quantitative estimate of drug-likeness (QED) is 0.326. The van der Waals surface area contributed by atoms with Gasteiger partial charge in [-0.2, -0.15) is 0 Å². The second kappa shape index (κ2) is 4.65. The van der Waals surface area contributed by atoms with E-state index in [1.807, 2.05) is 0 Å². The molecule has 0 aliphatic carbocycles. The first-order valence-corrected chi connectivity index (χ1v) is 4.33. The van der Waals surface area contributed by atoms with Crippen molar-refractivity contribution < 1.29 is 4.79 Å². The van der Waals surface area contributed by atoms with Crippen molar-refractivity contribution in [3.8, 4) is 0 Å². The van der Waals surface area contributed by atoms with Gasteiger partial charge in [0.05, 0.1) is 6.54 Å². The molecule has 0 radical (unpaired) electrons. The molecule has 0 spiro atoms. The number of Topliss-reactive ketones (excluding diaryl/α,β-unsaturated/α-hetero) is 1. The van der Waals surface area contributed by atoms with Crippen molar-refractivity contribution >= 4 is 17.4 Å². The van der Waals surface area contributed by atoms with Gasteiger partial charge in [0.15, 0.2) is 5.78 Å². The van der Waals surface area contributed by atoms with E-state index in [4.69, 9.17) is 17.1 Å². The van der Waals surface area contributed by atoms with Gasteiger partial charge in [0.2, 0.25) is 0 Å². The average Bonchev–Trinajstić information content (AvgIpc) is 2.18. The number of azide groups is 1. The molecule has 0 heterocycles. The summed E-state index contributed by atoms with van der Waals surface area (Å²) in [4.78, 5) is 14.0. The van der Waals surface area contributed by atoms with Crippen LogP contribution in [0.3, 0.4) is 0 Å². The molecule has 0 aliphatic rings. The predicted molar refractivity (Wildman–Crippen MR) is 54.5 cm³/mol. The Kier molecular flexibility index (Phi) is 3.51. The summed E-state index contributed by atoms with van der Waals surface area (Å²) in [5.41, 5.74) is 9.40. The molecule has 0 N–H and O–H groups in total. The minimum Gasteiger partial charge on any atom is -0.294 e. The third kappa shape index (κ3) is 2.49. The van der Waals surface area contributed by atoms with Crippen molar-refractivity contribution in [2.24, 2.45) is 5.11 Å². The molecule has 0 fully saturated rings. The fraction of sp³-hybridized carbons (Fsp3) is 0.222. The maximum absolute atomic E-state index is 11.5. The number of nitrogens with zero attached hydrogens (tertiary/aromatic N) is 3. The Morgan fingerprint density at radius 2 is 2.36 bits per heavy atom. The molecule has 0 saturated carbocycles. The first-order chi connectivity index (χ1) is 6.65. The van der Waals surface area contributed by atoms with Crippen molar-refractivity contribution in [3.05, 3.63) is 44.8 Å². The molecule has 0 aromatic heterocycles. The lowest BCUT2D eigenvalue weighted by Crippen LogP contribution is -2.04. The molecule has 1 aromatic carbocycles. The Morgan fingerprint density at radius 3 is 3.00 bits per heavy atom. The third-order valence-corrected chi connectivity index (χ3v) is 2.01. The van der Waals surface area contributed by atoms with Crippen molar-refractivity contribution in [1.82, 2.24) is 0 Å². The predicted octanol–water partition coefficient (Wildman–Crippen LogP) is 3.14. The number of carbonyl (C=O) groups excluding carboxylic acids is 1. The van der Waals surface area contributed by atoms with Crippen LogP contribution in [0.25, 0.3) is 10.4 Å². The molecule has 1 aromatic rings. The fourth-order valence-corrected chi connectivity index (χ4v) is 1.25. The average molecular weight is 210 g/mol. The van der Waals surface area contributed by atoms with E-state index >= 15 is 0 Å². The van der Waals surface area contributed by atoms with E-state index in [1.54, 1.807) is 25.1 Å². The van der Waals surface area contributed by atoms with Gasteiger partial charge < -0.3 is 0 Å². The molecule has 5 heteroatoms. The van der Waals surface area contributed by atoms with Crippen LogP contribution in [0.4, 0.5) is 0 Å². The molecule has 0 saturated heterocycles. The molecule has 0 unspecified atom stereocenters. The van der Waals surface area contributed by atoms with Crippen LogP contribution in [0.2, 0.25) is 5.02 Å². The summed E-state index contributed by atoms with van der Waals surface area (Å²) in [5.74, 6) is -0.220. The molecular formula is C9H8ClN3O. The van der Waals surface area contributed by atoms with Gasteiger partial charge in [0.1, 0.15) is 0 Å². The van der Waals surface area contributed by atoms with E-state index in [2.05, 4.69) is 10.0 Å². The normalized spacial score (nSPS) is 9.29. The van der Waals surface area contributed by atoms with Crippen molar-refractivity contribution in [1.29, 1.82) is 0 Å². The zero-order valence-corrected chi connectivity index (χ0v) is 8.32. The number of benzene rings is 1. The third-order valence-electron chi connectivity index (χ3n) is 1.78. The zero-order chi connectivity index (χ0) is 10.6. The molecule has 0 bridgehead atoms. The smallest absolute Gasteiger partial charge is 0.169 e. The zero-order valence-electron chi connectivity index (χ0n) is 7.57. The van der Waals surface area contributed by atoms with E-state index in [9.17, 15) is 4.79 Å². The summed E-state index contributed by atoms with van der Waals surface area (Å²) in [6.45, 7) is 1.64. The molecule has 72 valence electrons. The second-order valence-corrected chi connectivity index (χ2v) is 3.21. The molecular weight excluding hydrogens is 202 g/mol. The molecule has 1 rings (SSSR count). The Labute approximate surface area is 86.1 Å². The summed E-state index contributed by atoms with van der Waals surface area (Å²) < 4.78 is 0. The monoisotopic (exact) mass is 209 g/mol. The van der Waals surface area contributed by atoms with Crippen LogP contribution in [-0.2, 0) is 0 Å². The SMILES string of the molecule is Cc1ccc(Cl)cc1C(=O)CN=[N+]=[N-]. The first-order valence-electron chi connectivity index (χ1n) is 3.95. The Balaban J connectivity index is 2.99. The summed E-state index contributed by atoms with van der Waals surface area (Å²) in [7, 11) is 0. The lowest BCUT2D eigenvalue weighted by atomic mass is 10.1. The van der Waals surface area contributed by atoms with E-state index < -0.39 is 0 Å². The van der Waals surface area contributed by atoms with Crippen molar-refractivity contribution in [2.75, 3.05) is 6.54 Å². The van der Waals surface area contributed by atoms with Crippen LogP contribution in [-0.4, -0.2) is 12.3 Å². The van der Waals surface area contributed by atoms with Crippen molar-refractivity contribution in [2.45, 2.75) is 6.92 Å². The highest BCUT2D eigenvalue weighted by atomic mass is 35.5. The van der Waals surface area contributed by atoms with Crippen LogP contribution in [0, 0.1) is 6.92 Å². The number of aryl methyl sites for hydroxylation is 1. The van der Waals surface area contributed by atoms with Crippen LogP contribution < -0.4 is 0 Å². The minimum atomic E-state index is -0.220. The summed E-state index contributed by atoms with van der Waals surface area (Å²) in [5, 5.41) is 3.71. The highest BCUT2D eigenvalue weighted by molar-refractivity contribution is 6.31. The topological polar surface area (TPSA) is 65.8 Å². The number of hydrogen-bond acceptors (Lipinski definition) is 2. The Bertz CT molecular complexity index is 411. The second-order valence-electron chi connectivity index (χ2n) is 2.77. The Hall–Kier alpha value is -1.51. The van der Waals surface area contributed by atoms with Gasteiger partial charge in [-0.3, -0.25) is 4.79 Å². The Morgan fingerprint density at radius 1 is 1.64 bits per heavy atom. The molecule has 0 aliphatic heterocycles. The largest absolute Gasteiger partial charge is 0.294 e. The number of halogens is 1. The summed E-state index contributed by atoms with van der Waals surface area (Å²) in [6.07, 6.45) is 0. The molecule has 0 atom stereocenters. The minimum absolute atomic E-state index is 0.169. The molecule has 14 heavy (non-hydrogen) atoms. The van der Waals surface area contributed by atoms with Crippen LogP contribution in [0.15, 0.2) is 23.3 Å². The summed E-state index contributed by atoms with van der Waals surface area (Å²) >= 11 is 5.74. The van der Waals surface area contributed by atoms with E-state index in [1.165, 1.54) is 0 Å². The van der Waals surface area contributed by atoms with Gasteiger partial charge >= 0.3 is 0 Å².